The molecular formula is C15H23N3O3. The Morgan fingerprint density at radius 2 is 2.33 bits per heavy atom. The average Bonchev–Trinajstić information content (AvgIpc) is 2.47. The monoisotopic (exact) mass is 293 g/mol. The molecule has 1 atom stereocenters. The van der Waals surface area contributed by atoms with E-state index in [1.54, 1.807) is 12.1 Å². The maximum Gasteiger partial charge on any atom is 0.311 e. The number of ether oxygens (including phenoxy) is 1. The largest absolute Gasteiger partial charge is 0.490 e. The van der Waals surface area contributed by atoms with Crippen molar-refractivity contribution < 1.29 is 9.66 Å². The van der Waals surface area contributed by atoms with Crippen LogP contribution >= 0.6 is 0 Å². The molecular weight excluding hydrogens is 270 g/mol. The number of benzene rings is 1. The highest BCUT2D eigenvalue weighted by Gasteiger charge is 2.17. The van der Waals surface area contributed by atoms with Gasteiger partial charge in [-0.15, -0.1) is 0 Å². The zero-order chi connectivity index (χ0) is 15.2. The van der Waals surface area contributed by atoms with Crippen molar-refractivity contribution in [3.05, 3.63) is 33.9 Å². The van der Waals surface area contributed by atoms with Gasteiger partial charge in [-0.05, 0) is 50.5 Å². The predicted octanol–water partition coefficient (Wildman–Crippen LogP) is 2.03. The van der Waals surface area contributed by atoms with Crippen molar-refractivity contribution in [3.8, 4) is 5.75 Å². The topological polar surface area (TPSA) is 67.6 Å². The van der Waals surface area contributed by atoms with Crippen LogP contribution in [0, 0.1) is 16.0 Å². The maximum absolute atomic E-state index is 11.0. The van der Waals surface area contributed by atoms with Crippen LogP contribution in [0.2, 0.25) is 0 Å². The first-order valence-corrected chi connectivity index (χ1v) is 7.30. The molecule has 6 heteroatoms. The molecule has 2 rings (SSSR count). The van der Waals surface area contributed by atoms with E-state index in [0.717, 1.165) is 18.7 Å². The van der Waals surface area contributed by atoms with Crippen molar-refractivity contribution in [1.29, 1.82) is 0 Å². The molecule has 1 heterocycles. The molecule has 0 radical (unpaired) electrons. The number of nitro groups is 1. The molecule has 0 aliphatic carbocycles. The minimum atomic E-state index is -0.404. The van der Waals surface area contributed by atoms with Crippen molar-refractivity contribution in [1.82, 2.24) is 10.2 Å². The summed E-state index contributed by atoms with van der Waals surface area (Å²) in [5.74, 6) is 0.967. The maximum atomic E-state index is 11.0. The van der Waals surface area contributed by atoms with Gasteiger partial charge in [0.15, 0.2) is 5.75 Å². The molecule has 1 aromatic carbocycles. The summed E-state index contributed by atoms with van der Waals surface area (Å²) in [7, 11) is 3.60. The summed E-state index contributed by atoms with van der Waals surface area (Å²) in [6.45, 7) is 3.89. The molecule has 1 aromatic rings. The number of piperidine rings is 1. The van der Waals surface area contributed by atoms with E-state index in [2.05, 4.69) is 17.3 Å². The molecule has 0 amide bonds. The van der Waals surface area contributed by atoms with Crippen LogP contribution < -0.4 is 10.1 Å². The van der Waals surface area contributed by atoms with E-state index >= 15 is 0 Å². The van der Waals surface area contributed by atoms with Crippen LogP contribution in [0.5, 0.6) is 5.75 Å². The highest BCUT2D eigenvalue weighted by Crippen LogP contribution is 2.27. The van der Waals surface area contributed by atoms with Gasteiger partial charge in [0.05, 0.1) is 12.0 Å². The predicted molar refractivity (Wildman–Crippen MR) is 81.6 cm³/mol. The fraction of sp³-hybridized carbons (Fsp3) is 0.600. The second-order valence-corrected chi connectivity index (χ2v) is 5.66. The summed E-state index contributed by atoms with van der Waals surface area (Å²) in [5.41, 5.74) is 0.931. The molecule has 1 unspecified atom stereocenters. The second-order valence-electron chi connectivity index (χ2n) is 5.66. The summed E-state index contributed by atoms with van der Waals surface area (Å²) in [4.78, 5) is 12.9. The zero-order valence-electron chi connectivity index (χ0n) is 12.7. The molecule has 0 spiro atoms. The van der Waals surface area contributed by atoms with Crippen LogP contribution in [-0.2, 0) is 6.54 Å². The first kappa shape index (κ1) is 15.7. The third kappa shape index (κ3) is 4.41. The van der Waals surface area contributed by atoms with Crippen LogP contribution in [0.15, 0.2) is 18.2 Å². The number of nitrogens with zero attached hydrogens (tertiary/aromatic N) is 2. The molecule has 1 fully saturated rings. The second kappa shape index (κ2) is 7.38. The highest BCUT2D eigenvalue weighted by molar-refractivity contribution is 5.48. The van der Waals surface area contributed by atoms with E-state index in [-0.39, 0.29) is 5.69 Å². The Balaban J connectivity index is 1.88. The highest BCUT2D eigenvalue weighted by atomic mass is 16.6. The van der Waals surface area contributed by atoms with Crippen molar-refractivity contribution >= 4 is 5.69 Å². The van der Waals surface area contributed by atoms with E-state index in [4.69, 9.17) is 4.74 Å². The lowest BCUT2D eigenvalue weighted by molar-refractivity contribution is -0.385. The van der Waals surface area contributed by atoms with Gasteiger partial charge in [0.25, 0.3) is 0 Å². The van der Waals surface area contributed by atoms with Gasteiger partial charge >= 0.3 is 5.69 Å². The number of hydrogen-bond donors (Lipinski definition) is 1. The van der Waals surface area contributed by atoms with Crippen LogP contribution in [0.4, 0.5) is 5.69 Å². The van der Waals surface area contributed by atoms with Crippen LogP contribution in [-0.4, -0.2) is 43.6 Å². The number of likely N-dealkylation sites (tertiary alicyclic amines) is 1. The van der Waals surface area contributed by atoms with Crippen molar-refractivity contribution in [2.75, 3.05) is 33.8 Å². The molecule has 1 aliphatic rings. The van der Waals surface area contributed by atoms with E-state index < -0.39 is 4.92 Å². The van der Waals surface area contributed by atoms with E-state index in [1.807, 2.05) is 6.07 Å². The van der Waals surface area contributed by atoms with Crippen LogP contribution in [0.3, 0.4) is 0 Å². The van der Waals surface area contributed by atoms with Gasteiger partial charge in [-0.3, -0.25) is 10.1 Å². The van der Waals surface area contributed by atoms with Gasteiger partial charge < -0.3 is 15.0 Å². The van der Waals surface area contributed by atoms with E-state index in [0.29, 0.717) is 18.2 Å². The summed E-state index contributed by atoms with van der Waals surface area (Å²) in [6, 6.07) is 5.11. The molecule has 6 nitrogen and oxygen atoms in total. The number of hydrogen-bond acceptors (Lipinski definition) is 5. The smallest absolute Gasteiger partial charge is 0.311 e. The summed E-state index contributed by atoms with van der Waals surface area (Å²) < 4.78 is 5.01. The summed E-state index contributed by atoms with van der Waals surface area (Å²) >= 11 is 0. The molecule has 116 valence electrons. The Bertz CT molecular complexity index is 493. The van der Waals surface area contributed by atoms with E-state index in [1.165, 1.54) is 26.5 Å². The molecule has 0 saturated carbocycles. The Morgan fingerprint density at radius 1 is 1.52 bits per heavy atom. The number of nitro benzene ring substituents is 1. The SMILES string of the molecule is COc1ccc(CNCC2CCCN(C)C2)cc1[N+](=O)[O-]. The zero-order valence-corrected chi connectivity index (χ0v) is 12.7. The van der Waals surface area contributed by atoms with Crippen molar-refractivity contribution in [2.24, 2.45) is 5.92 Å². The molecule has 1 N–H and O–H groups in total. The van der Waals surface area contributed by atoms with Gasteiger partial charge in [0, 0.05) is 19.2 Å². The standard InChI is InChI=1S/C15H23N3O3/c1-17-7-3-4-13(11-17)10-16-9-12-5-6-15(21-2)14(8-12)18(19)20/h5-6,8,13,16H,3-4,7,9-11H2,1-2H3. The normalized spacial score (nSPS) is 19.4. The van der Waals surface area contributed by atoms with E-state index in [9.17, 15) is 10.1 Å². The van der Waals surface area contributed by atoms with Crippen LogP contribution in [0.1, 0.15) is 18.4 Å². The first-order valence-electron chi connectivity index (χ1n) is 7.30. The summed E-state index contributed by atoms with van der Waals surface area (Å²) in [5, 5.41) is 14.4. The van der Waals surface area contributed by atoms with Gasteiger partial charge in [-0.2, -0.15) is 0 Å². The van der Waals surface area contributed by atoms with Gasteiger partial charge in [0.1, 0.15) is 0 Å². The Kier molecular flexibility index (Phi) is 5.52. The van der Waals surface area contributed by atoms with Crippen molar-refractivity contribution in [2.45, 2.75) is 19.4 Å². The lowest BCUT2D eigenvalue weighted by Crippen LogP contribution is -2.37. The third-order valence-corrected chi connectivity index (χ3v) is 3.92. The third-order valence-electron chi connectivity index (χ3n) is 3.92. The Morgan fingerprint density at radius 3 is 3.00 bits per heavy atom. The summed E-state index contributed by atoms with van der Waals surface area (Å²) in [6.07, 6.45) is 2.50. The van der Waals surface area contributed by atoms with Crippen LogP contribution in [0.25, 0.3) is 0 Å². The minimum Gasteiger partial charge on any atom is -0.490 e. The first-order chi connectivity index (χ1) is 10.1. The Labute approximate surface area is 125 Å². The molecule has 0 aromatic heterocycles. The molecule has 0 bridgehead atoms. The lowest BCUT2D eigenvalue weighted by Gasteiger charge is -2.29. The Hall–Kier alpha value is -1.66. The molecule has 21 heavy (non-hydrogen) atoms. The molecule has 1 saturated heterocycles. The quantitative estimate of drug-likeness (QED) is 0.642. The number of rotatable bonds is 6. The number of nitrogens with one attached hydrogen (secondary N) is 1. The van der Waals surface area contributed by atoms with Crippen molar-refractivity contribution in [3.63, 3.8) is 0 Å². The average molecular weight is 293 g/mol. The molecule has 1 aliphatic heterocycles. The van der Waals surface area contributed by atoms with Gasteiger partial charge in [-0.25, -0.2) is 0 Å². The van der Waals surface area contributed by atoms with Gasteiger partial charge in [0.2, 0.25) is 0 Å². The lowest BCUT2D eigenvalue weighted by atomic mass is 9.98. The van der Waals surface area contributed by atoms with Gasteiger partial charge in [-0.1, -0.05) is 6.07 Å². The minimum absolute atomic E-state index is 0.0224. The number of methoxy groups -OCH3 is 1. The fourth-order valence-corrected chi connectivity index (χ4v) is 2.85. The fourth-order valence-electron chi connectivity index (χ4n) is 2.85.